The van der Waals surface area contributed by atoms with Crippen molar-refractivity contribution < 1.29 is 4.74 Å². The average Bonchev–Trinajstić information content (AvgIpc) is 2.41. The van der Waals surface area contributed by atoms with Gasteiger partial charge in [-0.2, -0.15) is 0 Å². The first-order chi connectivity index (χ1) is 9.92. The van der Waals surface area contributed by atoms with Crippen molar-refractivity contribution in [3.8, 4) is 11.5 Å². The highest BCUT2D eigenvalue weighted by Crippen LogP contribution is 2.34. The fraction of sp³-hybridized carbons (Fsp3) is 0.353. The highest BCUT2D eigenvalue weighted by molar-refractivity contribution is 6.31. The number of halogens is 1. The maximum Gasteiger partial charge on any atom is 0.135 e. The van der Waals surface area contributed by atoms with E-state index in [9.17, 15) is 0 Å². The largest absolute Gasteiger partial charge is 0.457 e. The van der Waals surface area contributed by atoms with Crippen molar-refractivity contribution in [3.05, 3.63) is 51.8 Å². The summed E-state index contributed by atoms with van der Waals surface area (Å²) in [5, 5.41) is 0.778. The molecule has 2 aromatic rings. The molecule has 0 bridgehead atoms. The summed E-state index contributed by atoms with van der Waals surface area (Å²) in [6, 6.07) is 5.87. The number of ether oxygens (including phenoxy) is 1. The Morgan fingerprint density at radius 3 is 2.52 bits per heavy atom. The molecule has 1 aromatic carbocycles. The van der Waals surface area contributed by atoms with Crippen molar-refractivity contribution in [1.82, 2.24) is 4.98 Å². The van der Waals surface area contributed by atoms with Crippen LogP contribution in [-0.4, -0.2) is 4.98 Å². The first kappa shape index (κ1) is 15.8. The summed E-state index contributed by atoms with van der Waals surface area (Å²) in [5.41, 5.74) is 9.63. The minimum Gasteiger partial charge on any atom is -0.457 e. The zero-order valence-electron chi connectivity index (χ0n) is 12.9. The van der Waals surface area contributed by atoms with E-state index in [2.05, 4.69) is 18.8 Å². The summed E-state index contributed by atoms with van der Waals surface area (Å²) < 4.78 is 6.08. The van der Waals surface area contributed by atoms with E-state index < -0.39 is 0 Å². The van der Waals surface area contributed by atoms with Crippen LogP contribution in [-0.2, 0) is 6.54 Å². The third kappa shape index (κ3) is 3.55. The summed E-state index contributed by atoms with van der Waals surface area (Å²) in [4.78, 5) is 4.25. The zero-order chi connectivity index (χ0) is 15.6. The van der Waals surface area contributed by atoms with E-state index in [-0.39, 0.29) is 0 Å². The van der Waals surface area contributed by atoms with Crippen LogP contribution in [0.25, 0.3) is 0 Å². The Morgan fingerprint density at radius 2 is 1.90 bits per heavy atom. The Kier molecular flexibility index (Phi) is 4.86. The van der Waals surface area contributed by atoms with Crippen LogP contribution < -0.4 is 10.5 Å². The van der Waals surface area contributed by atoms with Crippen LogP contribution in [0.2, 0.25) is 5.02 Å². The maximum atomic E-state index is 6.30. The van der Waals surface area contributed by atoms with Crippen LogP contribution in [0.15, 0.2) is 24.4 Å². The molecule has 0 atom stereocenters. The number of aryl methyl sites for hydroxylation is 2. The Labute approximate surface area is 131 Å². The molecule has 1 heterocycles. The van der Waals surface area contributed by atoms with Crippen molar-refractivity contribution in [3.63, 3.8) is 0 Å². The van der Waals surface area contributed by atoms with Gasteiger partial charge in [-0.1, -0.05) is 25.4 Å². The molecular weight excluding hydrogens is 284 g/mol. The number of hydrogen-bond donors (Lipinski definition) is 1. The number of rotatable bonds is 4. The van der Waals surface area contributed by atoms with E-state index in [1.807, 2.05) is 32.0 Å². The Bertz CT molecular complexity index is 653. The van der Waals surface area contributed by atoms with E-state index in [1.165, 1.54) is 0 Å². The van der Waals surface area contributed by atoms with E-state index in [1.54, 1.807) is 6.20 Å². The summed E-state index contributed by atoms with van der Waals surface area (Å²) in [6.45, 7) is 8.54. The van der Waals surface area contributed by atoms with Gasteiger partial charge in [0.1, 0.15) is 11.5 Å². The van der Waals surface area contributed by atoms with Gasteiger partial charge in [0.05, 0.1) is 0 Å². The van der Waals surface area contributed by atoms with Gasteiger partial charge >= 0.3 is 0 Å². The lowest BCUT2D eigenvalue weighted by atomic mass is 10.0. The third-order valence-corrected chi connectivity index (χ3v) is 3.76. The Balaban J connectivity index is 2.44. The van der Waals surface area contributed by atoms with E-state index in [0.717, 1.165) is 38.9 Å². The molecule has 2 rings (SSSR count). The fourth-order valence-corrected chi connectivity index (χ4v) is 2.59. The molecule has 0 saturated heterocycles. The molecule has 0 saturated carbocycles. The minimum absolute atomic E-state index is 0.341. The Hall–Kier alpha value is -1.58. The topological polar surface area (TPSA) is 48.1 Å². The first-order valence-corrected chi connectivity index (χ1v) is 7.43. The number of pyridine rings is 1. The van der Waals surface area contributed by atoms with Crippen LogP contribution in [0, 0.1) is 13.8 Å². The maximum absolute atomic E-state index is 6.30. The van der Waals surface area contributed by atoms with E-state index in [0.29, 0.717) is 12.5 Å². The second-order valence-corrected chi connectivity index (χ2v) is 5.94. The van der Waals surface area contributed by atoms with Gasteiger partial charge in [0.15, 0.2) is 0 Å². The molecule has 21 heavy (non-hydrogen) atoms. The van der Waals surface area contributed by atoms with Gasteiger partial charge in [-0.15, -0.1) is 0 Å². The first-order valence-electron chi connectivity index (χ1n) is 7.05. The molecule has 4 heteroatoms. The molecule has 2 N–H and O–H groups in total. The molecule has 0 radical (unpaired) electrons. The molecule has 0 spiro atoms. The smallest absolute Gasteiger partial charge is 0.135 e. The standard InChI is InChI=1S/C17H21ClN2O/c1-10(2)14-7-16(11(3)5-15(14)18)21-17-6-12(4)20-9-13(17)8-19/h5-7,9-10H,8,19H2,1-4H3. The summed E-state index contributed by atoms with van der Waals surface area (Å²) in [6.07, 6.45) is 1.76. The molecule has 0 aliphatic carbocycles. The van der Waals surface area contributed by atoms with Crippen molar-refractivity contribution in [2.24, 2.45) is 5.73 Å². The molecule has 0 aliphatic heterocycles. The van der Waals surface area contributed by atoms with Gasteiger partial charge in [0.25, 0.3) is 0 Å². The highest BCUT2D eigenvalue weighted by Gasteiger charge is 2.12. The molecule has 0 aliphatic rings. The predicted octanol–water partition coefficient (Wildman–Crippen LogP) is 4.73. The van der Waals surface area contributed by atoms with Crippen LogP contribution in [0.4, 0.5) is 0 Å². The molecule has 0 unspecified atom stereocenters. The van der Waals surface area contributed by atoms with Crippen LogP contribution in [0.1, 0.15) is 42.1 Å². The van der Waals surface area contributed by atoms with Crippen molar-refractivity contribution in [1.29, 1.82) is 0 Å². The number of nitrogens with zero attached hydrogens (tertiary/aromatic N) is 1. The zero-order valence-corrected chi connectivity index (χ0v) is 13.7. The third-order valence-electron chi connectivity index (χ3n) is 3.44. The van der Waals surface area contributed by atoms with Gasteiger partial charge in [-0.3, -0.25) is 4.98 Å². The van der Waals surface area contributed by atoms with E-state index >= 15 is 0 Å². The number of nitrogens with two attached hydrogens (primary N) is 1. The lowest BCUT2D eigenvalue weighted by Crippen LogP contribution is -2.02. The lowest BCUT2D eigenvalue weighted by molar-refractivity contribution is 0.470. The van der Waals surface area contributed by atoms with Crippen molar-refractivity contribution in [2.45, 2.75) is 40.2 Å². The second kappa shape index (κ2) is 6.46. The molecular formula is C17H21ClN2O. The summed E-state index contributed by atoms with van der Waals surface area (Å²) in [5.74, 6) is 1.90. The molecule has 0 amide bonds. The summed E-state index contributed by atoms with van der Waals surface area (Å²) >= 11 is 6.30. The fourth-order valence-electron chi connectivity index (χ4n) is 2.15. The lowest BCUT2D eigenvalue weighted by Gasteiger charge is -2.16. The minimum atomic E-state index is 0.341. The Morgan fingerprint density at radius 1 is 1.19 bits per heavy atom. The van der Waals surface area contributed by atoms with Crippen LogP contribution >= 0.6 is 11.6 Å². The molecule has 3 nitrogen and oxygen atoms in total. The number of hydrogen-bond acceptors (Lipinski definition) is 3. The predicted molar refractivity (Wildman–Crippen MR) is 87.2 cm³/mol. The quantitative estimate of drug-likeness (QED) is 0.888. The van der Waals surface area contributed by atoms with Gasteiger partial charge in [0, 0.05) is 35.1 Å². The number of benzene rings is 1. The van der Waals surface area contributed by atoms with E-state index in [4.69, 9.17) is 22.1 Å². The number of aromatic nitrogens is 1. The summed E-state index contributed by atoms with van der Waals surface area (Å²) in [7, 11) is 0. The SMILES string of the molecule is Cc1cc(Oc2cc(C(C)C)c(Cl)cc2C)c(CN)cn1. The van der Waals surface area contributed by atoms with Crippen molar-refractivity contribution >= 4 is 11.6 Å². The molecule has 112 valence electrons. The van der Waals surface area contributed by atoms with Crippen LogP contribution in [0.3, 0.4) is 0 Å². The van der Waals surface area contributed by atoms with Gasteiger partial charge in [-0.05, 0) is 43.0 Å². The monoisotopic (exact) mass is 304 g/mol. The van der Waals surface area contributed by atoms with Gasteiger partial charge in [-0.25, -0.2) is 0 Å². The average molecular weight is 305 g/mol. The highest BCUT2D eigenvalue weighted by atomic mass is 35.5. The second-order valence-electron chi connectivity index (χ2n) is 5.53. The van der Waals surface area contributed by atoms with Crippen molar-refractivity contribution in [2.75, 3.05) is 0 Å². The van der Waals surface area contributed by atoms with Crippen LogP contribution in [0.5, 0.6) is 11.5 Å². The van der Waals surface area contributed by atoms with Gasteiger partial charge < -0.3 is 10.5 Å². The van der Waals surface area contributed by atoms with Gasteiger partial charge in [0.2, 0.25) is 0 Å². The molecule has 0 fully saturated rings. The normalized spacial score (nSPS) is 11.0. The molecule has 1 aromatic heterocycles.